The van der Waals surface area contributed by atoms with Crippen LogP contribution in [0.3, 0.4) is 0 Å². The number of nitrogens with zero attached hydrogens (tertiary/aromatic N) is 1. The molecule has 0 bridgehead atoms. The smallest absolute Gasteiger partial charge is 0.0806 e. The summed E-state index contributed by atoms with van der Waals surface area (Å²) in [5.41, 5.74) is 2.11. The predicted molar refractivity (Wildman–Crippen MR) is 112 cm³/mol. The topological polar surface area (TPSA) is 24.9 Å². The Balaban J connectivity index is 1.75. The second-order valence-electron chi connectivity index (χ2n) is 6.64. The maximum absolute atomic E-state index is 4.97. The van der Waals surface area contributed by atoms with E-state index in [-0.39, 0.29) is 0 Å². The van der Waals surface area contributed by atoms with E-state index >= 15 is 0 Å². The molecule has 2 heterocycles. The second-order valence-corrected chi connectivity index (χ2v) is 7.52. The second kappa shape index (κ2) is 5.23. The van der Waals surface area contributed by atoms with Gasteiger partial charge in [-0.05, 0) is 63.2 Å². The minimum atomic E-state index is 1.03. The molecule has 0 unspecified atom stereocenters. The van der Waals surface area contributed by atoms with Crippen molar-refractivity contribution in [2.75, 3.05) is 0 Å². The van der Waals surface area contributed by atoms with Crippen LogP contribution in [0, 0.1) is 0 Å². The van der Waals surface area contributed by atoms with Gasteiger partial charge in [0.2, 0.25) is 0 Å². The van der Waals surface area contributed by atoms with E-state index in [4.69, 9.17) is 4.98 Å². The number of rotatable bonds is 0. The van der Waals surface area contributed by atoms with Crippen LogP contribution in [0.25, 0.3) is 49.3 Å². The highest BCUT2D eigenvalue weighted by Gasteiger charge is 2.12. The summed E-state index contributed by atoms with van der Waals surface area (Å²) in [6, 6.07) is 24.2. The van der Waals surface area contributed by atoms with Crippen molar-refractivity contribution in [3.05, 3.63) is 78.6 Å². The molecule has 6 rings (SSSR count). The zero-order chi connectivity index (χ0) is 17.1. The van der Waals surface area contributed by atoms with Crippen LogP contribution in [-0.2, 0) is 0 Å². The van der Waals surface area contributed by atoms with Crippen molar-refractivity contribution in [1.29, 1.82) is 0 Å². The third-order valence-corrected chi connectivity index (χ3v) is 5.94. The normalized spacial score (nSPS) is 13.4. The number of hydrogen-bond acceptors (Lipinski definition) is 3. The Morgan fingerprint density at radius 3 is 2.42 bits per heavy atom. The van der Waals surface area contributed by atoms with Crippen LogP contribution in [0.5, 0.6) is 0 Å². The summed E-state index contributed by atoms with van der Waals surface area (Å²) in [6.45, 7) is 0. The molecule has 0 fully saturated rings. The first-order valence-corrected chi connectivity index (χ1v) is 9.46. The molecular weight excluding hydrogens is 336 g/mol. The molecule has 122 valence electrons. The molecular formula is C23H14N2S. The van der Waals surface area contributed by atoms with Crippen LogP contribution in [-0.4, -0.2) is 4.98 Å². The lowest BCUT2D eigenvalue weighted by molar-refractivity contribution is 1.23. The molecule has 0 aliphatic carbocycles. The standard InChI is InChI=1S/C23H14N2S/c1-2-4-15-12-20-16(11-14(15)3-1)5-8-19-18(20)7-6-17-13-22-21(25-23(17)19)9-10-24-26-22/h1-13,24H. The van der Waals surface area contributed by atoms with Crippen LogP contribution >= 0.6 is 11.9 Å². The van der Waals surface area contributed by atoms with Crippen LogP contribution in [0.4, 0.5) is 0 Å². The van der Waals surface area contributed by atoms with Crippen LogP contribution in [0.2, 0.25) is 0 Å². The van der Waals surface area contributed by atoms with Gasteiger partial charge in [0.05, 0.1) is 16.1 Å². The molecule has 0 atom stereocenters. The van der Waals surface area contributed by atoms with E-state index in [1.54, 1.807) is 11.9 Å². The van der Waals surface area contributed by atoms with Crippen molar-refractivity contribution in [1.82, 2.24) is 9.71 Å². The number of fused-ring (bicyclic) bond motifs is 7. The molecule has 1 aromatic heterocycles. The average molecular weight is 350 g/mol. The lowest BCUT2D eigenvalue weighted by Gasteiger charge is -2.13. The van der Waals surface area contributed by atoms with Crippen molar-refractivity contribution in [3.63, 3.8) is 0 Å². The minimum Gasteiger partial charge on any atom is -0.332 e. The van der Waals surface area contributed by atoms with Crippen molar-refractivity contribution < 1.29 is 0 Å². The molecule has 0 spiro atoms. The van der Waals surface area contributed by atoms with Crippen LogP contribution < -0.4 is 4.72 Å². The first kappa shape index (κ1) is 14.2. The van der Waals surface area contributed by atoms with E-state index in [1.807, 2.05) is 12.3 Å². The fourth-order valence-corrected chi connectivity index (χ4v) is 4.54. The number of nitrogens with one attached hydrogen (secondary N) is 1. The summed E-state index contributed by atoms with van der Waals surface area (Å²) >= 11 is 1.61. The molecule has 5 aromatic rings. The summed E-state index contributed by atoms with van der Waals surface area (Å²) in [6.07, 6.45) is 3.98. The van der Waals surface area contributed by atoms with Crippen molar-refractivity contribution in [3.8, 4) is 0 Å². The van der Waals surface area contributed by atoms with E-state index in [0.29, 0.717) is 0 Å². The van der Waals surface area contributed by atoms with E-state index in [9.17, 15) is 0 Å². The van der Waals surface area contributed by atoms with Gasteiger partial charge in [-0.1, -0.05) is 48.5 Å². The molecule has 0 saturated carbocycles. The van der Waals surface area contributed by atoms with E-state index in [1.165, 1.54) is 42.6 Å². The van der Waals surface area contributed by atoms with Crippen molar-refractivity contribution >= 4 is 61.2 Å². The highest BCUT2D eigenvalue weighted by molar-refractivity contribution is 7.97. The molecule has 1 aliphatic heterocycles. The molecule has 2 nitrogen and oxygen atoms in total. The van der Waals surface area contributed by atoms with Gasteiger partial charge in [0.25, 0.3) is 0 Å². The fraction of sp³-hybridized carbons (Fsp3) is 0. The number of benzene rings is 4. The molecule has 3 heteroatoms. The third kappa shape index (κ3) is 1.98. The molecule has 4 aromatic carbocycles. The molecule has 1 aliphatic rings. The SMILES string of the molecule is C1=Cc2nc3c(ccc4c5cc6ccccc6cc5ccc43)cc2SN1. The van der Waals surface area contributed by atoms with Gasteiger partial charge in [-0.2, -0.15) is 0 Å². The molecule has 0 saturated heterocycles. The van der Waals surface area contributed by atoms with Gasteiger partial charge in [-0.15, -0.1) is 0 Å². The Kier molecular flexibility index (Phi) is 2.85. The lowest BCUT2D eigenvalue weighted by Crippen LogP contribution is -2.00. The van der Waals surface area contributed by atoms with E-state index < -0.39 is 0 Å². The van der Waals surface area contributed by atoms with Crippen LogP contribution in [0.1, 0.15) is 5.69 Å². The fourth-order valence-electron chi connectivity index (χ4n) is 3.87. The predicted octanol–water partition coefficient (Wildman–Crippen LogP) is 6.28. The number of pyridine rings is 1. The van der Waals surface area contributed by atoms with Crippen LogP contribution in [0.15, 0.2) is 77.8 Å². The Morgan fingerprint density at radius 2 is 1.50 bits per heavy atom. The number of aromatic nitrogens is 1. The van der Waals surface area contributed by atoms with Gasteiger partial charge in [0.15, 0.2) is 0 Å². The van der Waals surface area contributed by atoms with Gasteiger partial charge in [0, 0.05) is 17.0 Å². The molecule has 1 N–H and O–H groups in total. The number of hydrogen-bond donors (Lipinski definition) is 1. The summed E-state index contributed by atoms with van der Waals surface area (Å²) in [5, 5.41) is 8.77. The van der Waals surface area contributed by atoms with Gasteiger partial charge in [0.1, 0.15) is 0 Å². The van der Waals surface area contributed by atoms with E-state index in [2.05, 4.69) is 71.5 Å². The highest BCUT2D eigenvalue weighted by atomic mass is 32.2. The largest absolute Gasteiger partial charge is 0.332 e. The lowest BCUT2D eigenvalue weighted by atomic mass is 9.96. The van der Waals surface area contributed by atoms with Gasteiger partial charge >= 0.3 is 0 Å². The average Bonchev–Trinajstić information content (AvgIpc) is 2.70. The quantitative estimate of drug-likeness (QED) is 0.202. The zero-order valence-electron chi connectivity index (χ0n) is 13.9. The monoisotopic (exact) mass is 350 g/mol. The molecule has 0 amide bonds. The van der Waals surface area contributed by atoms with Crippen molar-refractivity contribution in [2.45, 2.75) is 4.90 Å². The third-order valence-electron chi connectivity index (χ3n) is 5.14. The van der Waals surface area contributed by atoms with Crippen molar-refractivity contribution in [2.24, 2.45) is 0 Å². The summed E-state index contributed by atoms with van der Waals surface area (Å²) < 4.78 is 3.18. The molecule has 26 heavy (non-hydrogen) atoms. The summed E-state index contributed by atoms with van der Waals surface area (Å²) in [4.78, 5) is 6.14. The Morgan fingerprint density at radius 1 is 0.692 bits per heavy atom. The van der Waals surface area contributed by atoms with Gasteiger partial charge in [-0.25, -0.2) is 4.98 Å². The minimum absolute atomic E-state index is 1.03. The highest BCUT2D eigenvalue weighted by Crippen LogP contribution is 2.35. The zero-order valence-corrected chi connectivity index (χ0v) is 14.7. The Bertz CT molecular complexity index is 1390. The first-order chi connectivity index (χ1) is 12.9. The first-order valence-electron chi connectivity index (χ1n) is 8.65. The Labute approximate surface area is 154 Å². The van der Waals surface area contributed by atoms with E-state index in [0.717, 1.165) is 11.2 Å². The van der Waals surface area contributed by atoms with Gasteiger partial charge < -0.3 is 4.72 Å². The maximum atomic E-state index is 4.97. The van der Waals surface area contributed by atoms with Gasteiger partial charge in [-0.3, -0.25) is 0 Å². The maximum Gasteiger partial charge on any atom is 0.0806 e. The summed E-state index contributed by atoms with van der Waals surface area (Å²) in [7, 11) is 0. The molecule has 0 radical (unpaired) electrons. The summed E-state index contributed by atoms with van der Waals surface area (Å²) in [5.74, 6) is 0. The Hall–Kier alpha value is -3.04.